The minimum absolute atomic E-state index is 0.114. The number of hydrogen-bond acceptors (Lipinski definition) is 7. The van der Waals surface area contributed by atoms with Crippen LogP contribution in [0.3, 0.4) is 0 Å². The quantitative estimate of drug-likeness (QED) is 0.206. The maximum atomic E-state index is 12.1. The van der Waals surface area contributed by atoms with Crippen LogP contribution in [0.25, 0.3) is 0 Å². The lowest BCUT2D eigenvalue weighted by molar-refractivity contribution is -0.123. The van der Waals surface area contributed by atoms with E-state index in [0.29, 0.717) is 35.0 Å². The molecule has 0 aliphatic carbocycles. The molecule has 6 nitrogen and oxygen atoms in total. The van der Waals surface area contributed by atoms with Crippen LogP contribution in [-0.2, 0) is 11.4 Å². The van der Waals surface area contributed by atoms with E-state index in [4.69, 9.17) is 14.2 Å². The van der Waals surface area contributed by atoms with Crippen LogP contribution in [0, 0.1) is 0 Å². The predicted octanol–water partition coefficient (Wildman–Crippen LogP) is 6.43. The second-order valence-corrected chi connectivity index (χ2v) is 11.4. The molecule has 1 aliphatic heterocycles. The zero-order chi connectivity index (χ0) is 25.2. The smallest absolute Gasteiger partial charge is 0.277 e. The normalized spacial score (nSPS) is 13.6. The Bertz CT molecular complexity index is 1170. The van der Waals surface area contributed by atoms with E-state index >= 15 is 0 Å². The number of halogens is 1. The van der Waals surface area contributed by atoms with Crippen molar-refractivity contribution in [1.29, 1.82) is 0 Å². The number of amides is 1. The van der Waals surface area contributed by atoms with E-state index in [-0.39, 0.29) is 12.5 Å². The first kappa shape index (κ1) is 26.4. The molecule has 0 radical (unpaired) electrons. The molecule has 36 heavy (non-hydrogen) atoms. The summed E-state index contributed by atoms with van der Waals surface area (Å²) >= 11 is 7.35. The van der Waals surface area contributed by atoms with Crippen LogP contribution in [0.1, 0.15) is 28.2 Å². The lowest BCUT2D eigenvalue weighted by Gasteiger charge is -2.12. The molecule has 1 saturated heterocycles. The lowest BCUT2D eigenvalue weighted by Crippen LogP contribution is -2.24. The lowest BCUT2D eigenvalue weighted by atomic mass is 10.2. The Morgan fingerprint density at radius 2 is 1.75 bits per heavy atom. The van der Waals surface area contributed by atoms with Crippen LogP contribution < -0.4 is 19.6 Å². The van der Waals surface area contributed by atoms with E-state index in [9.17, 15) is 4.79 Å². The Kier molecular flexibility index (Phi) is 10.0. The van der Waals surface area contributed by atoms with Gasteiger partial charge in [-0.2, -0.15) is 5.10 Å². The second-order valence-electron chi connectivity index (χ2n) is 7.78. The van der Waals surface area contributed by atoms with E-state index in [0.717, 1.165) is 15.6 Å². The molecule has 1 N–H and O–H groups in total. The number of rotatable bonds is 11. The summed E-state index contributed by atoms with van der Waals surface area (Å²) in [5, 5.41) is 4.04. The molecule has 1 amide bonds. The molecule has 1 aliphatic rings. The van der Waals surface area contributed by atoms with E-state index in [1.165, 1.54) is 17.1 Å². The summed E-state index contributed by atoms with van der Waals surface area (Å²) in [6, 6.07) is 21.4. The molecule has 0 aromatic heterocycles. The van der Waals surface area contributed by atoms with Gasteiger partial charge >= 0.3 is 0 Å². The van der Waals surface area contributed by atoms with E-state index in [1.54, 1.807) is 6.21 Å². The number of nitrogens with zero attached hydrogens (tertiary/aromatic N) is 1. The Hall–Kier alpha value is -2.62. The number of thioether (sulfide) groups is 2. The minimum Gasteiger partial charge on any atom is -0.490 e. The maximum absolute atomic E-state index is 12.1. The van der Waals surface area contributed by atoms with Gasteiger partial charge in [0.1, 0.15) is 12.4 Å². The first-order valence-electron chi connectivity index (χ1n) is 11.5. The van der Waals surface area contributed by atoms with Gasteiger partial charge in [0, 0.05) is 16.0 Å². The highest BCUT2D eigenvalue weighted by molar-refractivity contribution is 9.10. The standard InChI is InChI=1S/C27H27BrN2O4S2/c1-2-32-25-15-20(5-12-24(25)34-17-19-3-8-22(28)9-4-19)16-29-30-26(31)18-33-23-10-6-21(7-11-23)27-35-13-14-36-27/h3-12,15-16,27H,2,13-14,17-18H2,1H3,(H,30,31)/b29-16-. The Balaban J connectivity index is 1.26. The third-order valence-corrected chi connectivity index (χ3v) is 8.76. The van der Waals surface area contributed by atoms with Gasteiger partial charge in [-0.15, -0.1) is 23.5 Å². The number of carbonyl (C=O) groups is 1. The molecular formula is C27H27BrN2O4S2. The Labute approximate surface area is 228 Å². The van der Waals surface area contributed by atoms with Gasteiger partial charge in [0.05, 0.1) is 17.4 Å². The van der Waals surface area contributed by atoms with E-state index < -0.39 is 0 Å². The largest absolute Gasteiger partial charge is 0.490 e. The van der Waals surface area contributed by atoms with Gasteiger partial charge in [-0.3, -0.25) is 4.79 Å². The zero-order valence-electron chi connectivity index (χ0n) is 19.8. The van der Waals surface area contributed by atoms with Crippen molar-refractivity contribution in [3.05, 3.63) is 87.9 Å². The van der Waals surface area contributed by atoms with Crippen LogP contribution in [0.2, 0.25) is 0 Å². The first-order valence-corrected chi connectivity index (χ1v) is 14.4. The number of carbonyl (C=O) groups excluding carboxylic acids is 1. The number of hydrogen-bond donors (Lipinski definition) is 1. The molecule has 0 bridgehead atoms. The summed E-state index contributed by atoms with van der Waals surface area (Å²) in [4.78, 5) is 12.1. The summed E-state index contributed by atoms with van der Waals surface area (Å²) in [6.45, 7) is 2.73. The van der Waals surface area contributed by atoms with Gasteiger partial charge in [-0.25, -0.2) is 5.43 Å². The molecule has 3 aromatic carbocycles. The summed E-state index contributed by atoms with van der Waals surface area (Å²) in [5.74, 6) is 3.96. The van der Waals surface area contributed by atoms with Gasteiger partial charge < -0.3 is 14.2 Å². The molecule has 1 fully saturated rings. The molecule has 0 atom stereocenters. The highest BCUT2D eigenvalue weighted by Crippen LogP contribution is 2.45. The average Bonchev–Trinajstić information content (AvgIpc) is 3.44. The van der Waals surface area contributed by atoms with Crippen LogP contribution in [0.15, 0.2) is 76.3 Å². The van der Waals surface area contributed by atoms with Crippen LogP contribution in [0.5, 0.6) is 17.2 Å². The van der Waals surface area contributed by atoms with Crippen molar-refractivity contribution >= 4 is 51.6 Å². The van der Waals surface area contributed by atoms with Crippen molar-refractivity contribution < 1.29 is 19.0 Å². The van der Waals surface area contributed by atoms with Gasteiger partial charge in [-0.1, -0.05) is 40.2 Å². The highest BCUT2D eigenvalue weighted by Gasteiger charge is 2.18. The third-order valence-electron chi connectivity index (χ3n) is 5.12. The fraction of sp³-hybridized carbons (Fsp3) is 0.259. The summed E-state index contributed by atoms with van der Waals surface area (Å²) in [5.41, 5.74) is 5.60. The Morgan fingerprint density at radius 3 is 2.47 bits per heavy atom. The SMILES string of the molecule is CCOc1cc(/C=N\NC(=O)COc2ccc(C3SCCS3)cc2)ccc1OCc1ccc(Br)cc1. The fourth-order valence-corrected chi connectivity index (χ4v) is 6.49. The van der Waals surface area contributed by atoms with Crippen LogP contribution in [-0.4, -0.2) is 36.8 Å². The average molecular weight is 588 g/mol. The number of hydrazone groups is 1. The predicted molar refractivity (Wildman–Crippen MR) is 151 cm³/mol. The molecule has 3 aromatic rings. The van der Waals surface area contributed by atoms with Crippen LogP contribution in [0.4, 0.5) is 0 Å². The van der Waals surface area contributed by atoms with Gasteiger partial charge in [-0.05, 0) is 66.1 Å². The number of nitrogens with one attached hydrogen (secondary N) is 1. The van der Waals surface area contributed by atoms with Crippen molar-refractivity contribution in [3.8, 4) is 17.2 Å². The second kappa shape index (κ2) is 13.6. The fourth-order valence-electron chi connectivity index (χ4n) is 3.37. The maximum Gasteiger partial charge on any atom is 0.277 e. The topological polar surface area (TPSA) is 69.2 Å². The molecule has 0 saturated carbocycles. The van der Waals surface area contributed by atoms with E-state index in [2.05, 4.69) is 38.6 Å². The molecule has 4 rings (SSSR count). The monoisotopic (exact) mass is 586 g/mol. The molecule has 9 heteroatoms. The van der Waals surface area contributed by atoms with Crippen molar-refractivity contribution in [2.45, 2.75) is 18.1 Å². The third kappa shape index (κ3) is 7.94. The molecular weight excluding hydrogens is 560 g/mol. The van der Waals surface area contributed by atoms with Crippen molar-refractivity contribution in [3.63, 3.8) is 0 Å². The van der Waals surface area contributed by atoms with Crippen LogP contribution >= 0.6 is 39.5 Å². The van der Waals surface area contributed by atoms with Crippen molar-refractivity contribution in [2.75, 3.05) is 24.7 Å². The highest BCUT2D eigenvalue weighted by atomic mass is 79.9. The zero-order valence-corrected chi connectivity index (χ0v) is 23.0. The minimum atomic E-state index is -0.336. The molecule has 1 heterocycles. The number of benzene rings is 3. The summed E-state index contributed by atoms with van der Waals surface area (Å²) in [6.07, 6.45) is 1.56. The molecule has 188 valence electrons. The summed E-state index contributed by atoms with van der Waals surface area (Å²) in [7, 11) is 0. The molecule has 0 unspecified atom stereocenters. The summed E-state index contributed by atoms with van der Waals surface area (Å²) < 4.78 is 18.8. The number of ether oxygens (including phenoxy) is 3. The Morgan fingerprint density at radius 1 is 1.00 bits per heavy atom. The first-order chi connectivity index (χ1) is 17.6. The van der Waals surface area contributed by atoms with Gasteiger partial charge in [0.2, 0.25) is 0 Å². The van der Waals surface area contributed by atoms with Crippen molar-refractivity contribution in [2.24, 2.45) is 5.10 Å². The van der Waals surface area contributed by atoms with Gasteiger partial charge in [0.15, 0.2) is 18.1 Å². The van der Waals surface area contributed by atoms with E-state index in [1.807, 2.05) is 85.0 Å². The molecule has 0 spiro atoms. The van der Waals surface area contributed by atoms with Gasteiger partial charge in [0.25, 0.3) is 5.91 Å². The van der Waals surface area contributed by atoms with Crippen molar-refractivity contribution in [1.82, 2.24) is 5.43 Å².